The summed E-state index contributed by atoms with van der Waals surface area (Å²) in [6, 6.07) is 78.4. The minimum Gasteiger partial charge on any atom is -0.310 e. The Morgan fingerprint density at radius 2 is 0.914 bits per heavy atom. The van der Waals surface area contributed by atoms with Crippen molar-refractivity contribution in [2.75, 3.05) is 4.90 Å². The highest BCUT2D eigenvalue weighted by Gasteiger charge is 2.36. The van der Waals surface area contributed by atoms with Gasteiger partial charge in [-0.3, -0.25) is 0 Å². The topological polar surface area (TPSA) is 3.24 Å². The summed E-state index contributed by atoms with van der Waals surface area (Å²) < 4.78 is 0. The van der Waals surface area contributed by atoms with Crippen LogP contribution in [0.3, 0.4) is 0 Å². The van der Waals surface area contributed by atoms with Gasteiger partial charge in [-0.1, -0.05) is 184 Å². The zero-order chi connectivity index (χ0) is 38.8. The Morgan fingerprint density at radius 3 is 1.74 bits per heavy atom. The molecule has 58 heavy (non-hydrogen) atoms. The molecule has 0 saturated heterocycles. The van der Waals surface area contributed by atoms with E-state index in [-0.39, 0.29) is 5.41 Å². The summed E-state index contributed by atoms with van der Waals surface area (Å²) >= 11 is 0. The summed E-state index contributed by atoms with van der Waals surface area (Å²) in [6.07, 6.45) is 0. The van der Waals surface area contributed by atoms with Crippen LogP contribution >= 0.6 is 0 Å². The Morgan fingerprint density at radius 1 is 0.310 bits per heavy atom. The molecule has 0 unspecified atom stereocenters. The van der Waals surface area contributed by atoms with Crippen molar-refractivity contribution in [3.05, 3.63) is 223 Å². The molecule has 10 aromatic rings. The van der Waals surface area contributed by atoms with Gasteiger partial charge in [-0.25, -0.2) is 0 Å². The highest BCUT2D eigenvalue weighted by molar-refractivity contribution is 6.14. The number of hydrogen-bond acceptors (Lipinski definition) is 1. The fraction of sp³-hybridized carbons (Fsp3) is 0.0526. The zero-order valence-electron chi connectivity index (χ0n) is 32.7. The quantitative estimate of drug-likeness (QED) is 0.154. The molecule has 0 fully saturated rings. The van der Waals surface area contributed by atoms with E-state index in [2.05, 4.69) is 231 Å². The molecular formula is C57H41N. The molecule has 0 heterocycles. The second kappa shape index (κ2) is 13.5. The molecule has 0 atom stereocenters. The maximum atomic E-state index is 2.48. The predicted molar refractivity (Wildman–Crippen MR) is 248 cm³/mol. The number of benzene rings is 10. The molecular weight excluding hydrogens is 699 g/mol. The predicted octanol–water partition coefficient (Wildman–Crippen LogP) is 15.9. The largest absolute Gasteiger partial charge is 0.310 e. The second-order valence-corrected chi connectivity index (χ2v) is 16.1. The third-order valence-electron chi connectivity index (χ3n) is 12.4. The molecule has 1 nitrogen and oxygen atoms in total. The summed E-state index contributed by atoms with van der Waals surface area (Å²) in [4.78, 5) is 2.48. The molecule has 0 saturated carbocycles. The highest BCUT2D eigenvalue weighted by atomic mass is 15.1. The molecule has 10 aromatic carbocycles. The van der Waals surface area contributed by atoms with Gasteiger partial charge < -0.3 is 4.90 Å². The van der Waals surface area contributed by atoms with E-state index in [1.165, 1.54) is 88.0 Å². The van der Waals surface area contributed by atoms with Gasteiger partial charge in [-0.05, 0) is 125 Å². The van der Waals surface area contributed by atoms with Crippen LogP contribution in [0.4, 0.5) is 17.1 Å². The second-order valence-electron chi connectivity index (χ2n) is 16.1. The lowest BCUT2D eigenvalue weighted by Crippen LogP contribution is -2.17. The third kappa shape index (κ3) is 5.54. The molecule has 0 aliphatic heterocycles. The number of anilines is 3. The molecule has 0 bridgehead atoms. The van der Waals surface area contributed by atoms with E-state index in [1.807, 2.05) is 0 Å². The SMILES string of the molecule is CC1(C)c2ccccc2-c2ccc(N(c3ccc(-c4ccc5ccccc5c4)cc3)c3cc(-c4cc5ccccc5c5ccccc45)ccc3-c3ccccc3)cc21. The molecule has 0 N–H and O–H groups in total. The van der Waals surface area contributed by atoms with E-state index >= 15 is 0 Å². The van der Waals surface area contributed by atoms with Crippen LogP contribution in [0.5, 0.6) is 0 Å². The normalized spacial score (nSPS) is 12.8. The zero-order valence-corrected chi connectivity index (χ0v) is 32.7. The molecule has 0 amide bonds. The van der Waals surface area contributed by atoms with Crippen LogP contribution in [0.15, 0.2) is 212 Å². The van der Waals surface area contributed by atoms with Crippen molar-refractivity contribution in [3.63, 3.8) is 0 Å². The van der Waals surface area contributed by atoms with Crippen molar-refractivity contribution in [1.82, 2.24) is 0 Å². The Bertz CT molecular complexity index is 3190. The standard InChI is InChI=1S/C57H41N/c1-57(2)54-23-13-12-22-51(54)52-33-31-46(37-55(52)57)58(45-29-26-39(27-30-45)42-25-24-38-14-6-7-17-41(38)34-42)56-36-44(28-32-48(56)40-15-4-3-5-16-40)53-35-43-18-8-9-19-47(43)49-20-10-11-21-50(49)53/h3-37H,1-2H3. The first-order chi connectivity index (χ1) is 28.5. The van der Waals surface area contributed by atoms with Gasteiger partial charge in [0, 0.05) is 22.4 Å². The molecule has 1 heteroatoms. The number of rotatable bonds is 6. The van der Waals surface area contributed by atoms with Gasteiger partial charge in [0.2, 0.25) is 0 Å². The lowest BCUT2D eigenvalue weighted by atomic mass is 9.82. The first kappa shape index (κ1) is 34.1. The molecule has 0 aromatic heterocycles. The Balaban J connectivity index is 1.15. The minimum atomic E-state index is -0.137. The van der Waals surface area contributed by atoms with Crippen molar-refractivity contribution in [2.24, 2.45) is 0 Å². The van der Waals surface area contributed by atoms with Gasteiger partial charge in [0.1, 0.15) is 0 Å². The molecule has 11 rings (SSSR count). The van der Waals surface area contributed by atoms with E-state index < -0.39 is 0 Å². The molecule has 1 aliphatic carbocycles. The maximum Gasteiger partial charge on any atom is 0.0546 e. The van der Waals surface area contributed by atoms with Crippen molar-refractivity contribution < 1.29 is 0 Å². The van der Waals surface area contributed by atoms with Gasteiger partial charge in [0.05, 0.1) is 5.69 Å². The fourth-order valence-electron chi connectivity index (χ4n) is 9.47. The van der Waals surface area contributed by atoms with Crippen molar-refractivity contribution in [3.8, 4) is 44.5 Å². The first-order valence-electron chi connectivity index (χ1n) is 20.3. The first-order valence-corrected chi connectivity index (χ1v) is 20.3. The molecule has 0 spiro atoms. The molecule has 0 radical (unpaired) electrons. The summed E-state index contributed by atoms with van der Waals surface area (Å²) in [5, 5.41) is 7.54. The van der Waals surface area contributed by atoms with Crippen LogP contribution in [0, 0.1) is 0 Å². The van der Waals surface area contributed by atoms with Crippen LogP contribution in [0.25, 0.3) is 76.8 Å². The van der Waals surface area contributed by atoms with Crippen molar-refractivity contribution >= 4 is 49.4 Å². The fourth-order valence-corrected chi connectivity index (χ4v) is 9.47. The minimum absolute atomic E-state index is 0.137. The Kier molecular flexibility index (Phi) is 7.91. The van der Waals surface area contributed by atoms with E-state index in [0.29, 0.717) is 0 Å². The van der Waals surface area contributed by atoms with Crippen molar-refractivity contribution in [2.45, 2.75) is 19.3 Å². The van der Waals surface area contributed by atoms with Crippen molar-refractivity contribution in [1.29, 1.82) is 0 Å². The molecule has 274 valence electrons. The number of fused-ring (bicyclic) bond motifs is 7. The van der Waals surface area contributed by atoms with Gasteiger partial charge in [0.25, 0.3) is 0 Å². The monoisotopic (exact) mass is 739 g/mol. The van der Waals surface area contributed by atoms with Crippen LogP contribution in [-0.4, -0.2) is 0 Å². The summed E-state index contributed by atoms with van der Waals surface area (Å²) in [5.74, 6) is 0. The average Bonchev–Trinajstić information content (AvgIpc) is 3.51. The lowest BCUT2D eigenvalue weighted by Gasteiger charge is -2.30. The van der Waals surface area contributed by atoms with Crippen LogP contribution in [0.1, 0.15) is 25.0 Å². The lowest BCUT2D eigenvalue weighted by molar-refractivity contribution is 0.660. The van der Waals surface area contributed by atoms with E-state index in [0.717, 1.165) is 17.1 Å². The summed E-state index contributed by atoms with van der Waals surface area (Å²) in [6.45, 7) is 4.73. The third-order valence-corrected chi connectivity index (χ3v) is 12.4. The van der Waals surface area contributed by atoms with Crippen LogP contribution < -0.4 is 4.90 Å². The highest BCUT2D eigenvalue weighted by Crippen LogP contribution is 2.52. The van der Waals surface area contributed by atoms with Gasteiger partial charge in [-0.2, -0.15) is 0 Å². The Hall–Kier alpha value is -7.22. The van der Waals surface area contributed by atoms with Crippen LogP contribution in [-0.2, 0) is 5.41 Å². The van der Waals surface area contributed by atoms with E-state index in [9.17, 15) is 0 Å². The van der Waals surface area contributed by atoms with E-state index in [1.54, 1.807) is 0 Å². The Labute approximate surface area is 340 Å². The number of nitrogens with zero attached hydrogens (tertiary/aromatic N) is 1. The maximum absolute atomic E-state index is 2.48. The van der Waals surface area contributed by atoms with Gasteiger partial charge in [0.15, 0.2) is 0 Å². The smallest absolute Gasteiger partial charge is 0.0546 e. The average molecular weight is 740 g/mol. The summed E-state index contributed by atoms with van der Waals surface area (Å²) in [5.41, 5.74) is 15.8. The molecule has 1 aliphatic rings. The number of hydrogen-bond donors (Lipinski definition) is 0. The summed E-state index contributed by atoms with van der Waals surface area (Å²) in [7, 11) is 0. The van der Waals surface area contributed by atoms with Crippen LogP contribution in [0.2, 0.25) is 0 Å². The van der Waals surface area contributed by atoms with Gasteiger partial charge >= 0.3 is 0 Å². The van der Waals surface area contributed by atoms with Gasteiger partial charge in [-0.15, -0.1) is 0 Å². The van der Waals surface area contributed by atoms with E-state index in [4.69, 9.17) is 0 Å².